The molecule has 0 fully saturated rings. The monoisotopic (exact) mass is 304 g/mol. The molecule has 6 heteroatoms. The lowest BCUT2D eigenvalue weighted by Crippen LogP contribution is -2.25. The van der Waals surface area contributed by atoms with Crippen LogP contribution in [0.15, 0.2) is 30.6 Å². The third kappa shape index (κ3) is 4.46. The summed E-state index contributed by atoms with van der Waals surface area (Å²) < 4.78 is 13.3. The largest absolute Gasteiger partial charge is 0.490 e. The first-order valence-corrected chi connectivity index (χ1v) is 7.64. The van der Waals surface area contributed by atoms with Gasteiger partial charge < -0.3 is 9.47 Å². The Hall–Kier alpha value is -2.08. The van der Waals surface area contributed by atoms with E-state index in [0.29, 0.717) is 13.2 Å². The topological polar surface area (TPSA) is 52.4 Å². The number of rotatable bonds is 9. The minimum atomic E-state index is 0.598. The minimum Gasteiger partial charge on any atom is -0.490 e. The van der Waals surface area contributed by atoms with Gasteiger partial charge in [0.1, 0.15) is 18.8 Å². The first-order valence-electron chi connectivity index (χ1n) is 7.64. The lowest BCUT2D eigenvalue weighted by atomic mass is 10.3. The van der Waals surface area contributed by atoms with Crippen LogP contribution in [0.3, 0.4) is 0 Å². The number of aromatic nitrogens is 3. The van der Waals surface area contributed by atoms with E-state index in [9.17, 15) is 0 Å². The first kappa shape index (κ1) is 16.3. The molecule has 1 heterocycles. The van der Waals surface area contributed by atoms with Crippen molar-refractivity contribution in [3.8, 4) is 11.5 Å². The zero-order valence-corrected chi connectivity index (χ0v) is 13.5. The van der Waals surface area contributed by atoms with Gasteiger partial charge in [-0.05, 0) is 33.0 Å². The van der Waals surface area contributed by atoms with E-state index in [1.165, 1.54) is 0 Å². The van der Waals surface area contributed by atoms with Crippen LogP contribution in [0.25, 0.3) is 0 Å². The van der Waals surface area contributed by atoms with Crippen LogP contribution in [0, 0.1) is 0 Å². The van der Waals surface area contributed by atoms with Gasteiger partial charge >= 0.3 is 0 Å². The molecule has 0 N–H and O–H groups in total. The second-order valence-corrected chi connectivity index (χ2v) is 4.96. The molecule has 0 bridgehead atoms. The Bertz CT molecular complexity index is 571. The van der Waals surface area contributed by atoms with Crippen molar-refractivity contribution < 1.29 is 9.47 Å². The number of likely N-dealkylation sites (N-methyl/N-ethyl adjacent to an activating group) is 1. The Balaban J connectivity index is 1.81. The van der Waals surface area contributed by atoms with Gasteiger partial charge in [0.25, 0.3) is 0 Å². The van der Waals surface area contributed by atoms with E-state index >= 15 is 0 Å². The molecule has 0 spiro atoms. The maximum Gasteiger partial charge on any atom is 0.161 e. The van der Waals surface area contributed by atoms with Crippen LogP contribution in [0.4, 0.5) is 0 Å². The molecule has 6 nitrogen and oxygen atoms in total. The minimum absolute atomic E-state index is 0.598. The predicted molar refractivity (Wildman–Crippen MR) is 85.1 cm³/mol. The van der Waals surface area contributed by atoms with E-state index < -0.39 is 0 Å². The van der Waals surface area contributed by atoms with Crippen molar-refractivity contribution in [2.75, 3.05) is 26.8 Å². The van der Waals surface area contributed by atoms with Crippen molar-refractivity contribution in [1.82, 2.24) is 19.7 Å². The molecule has 0 radical (unpaired) electrons. The summed E-state index contributed by atoms with van der Waals surface area (Å²) in [7, 11) is 2.05. The second-order valence-electron chi connectivity index (χ2n) is 4.96. The highest BCUT2D eigenvalue weighted by Crippen LogP contribution is 2.26. The molecule has 1 aromatic carbocycles. The van der Waals surface area contributed by atoms with Crippen LogP contribution in [-0.2, 0) is 13.1 Å². The van der Waals surface area contributed by atoms with Gasteiger partial charge in [-0.2, -0.15) is 5.10 Å². The maximum atomic E-state index is 5.83. The smallest absolute Gasteiger partial charge is 0.161 e. The number of nitrogens with zero attached hydrogens (tertiary/aromatic N) is 4. The van der Waals surface area contributed by atoms with Gasteiger partial charge in [0.05, 0.1) is 13.2 Å². The first-order chi connectivity index (χ1) is 10.7. The average molecular weight is 304 g/mol. The molecule has 0 aliphatic carbocycles. The Kier molecular flexibility index (Phi) is 6.21. The Labute approximate surface area is 131 Å². The molecule has 120 valence electrons. The summed E-state index contributed by atoms with van der Waals surface area (Å²) in [6.07, 6.45) is 1.60. The van der Waals surface area contributed by atoms with E-state index in [-0.39, 0.29) is 0 Å². The summed E-state index contributed by atoms with van der Waals surface area (Å²) in [6.45, 7) is 7.65. The van der Waals surface area contributed by atoms with Crippen molar-refractivity contribution in [1.29, 1.82) is 0 Å². The van der Waals surface area contributed by atoms with Gasteiger partial charge in [-0.1, -0.05) is 12.1 Å². The lowest BCUT2D eigenvalue weighted by Gasteiger charge is -2.17. The fraction of sp³-hybridized carbons (Fsp3) is 0.500. The Morgan fingerprint density at radius 2 is 1.86 bits per heavy atom. The molecule has 0 aliphatic rings. The molecular formula is C16H24N4O2. The number of para-hydroxylation sites is 2. The number of hydrogen-bond donors (Lipinski definition) is 0. The summed E-state index contributed by atoms with van der Waals surface area (Å²) in [6, 6.07) is 7.75. The van der Waals surface area contributed by atoms with Crippen molar-refractivity contribution in [3.05, 3.63) is 36.4 Å². The van der Waals surface area contributed by atoms with Crippen LogP contribution in [0.2, 0.25) is 0 Å². The lowest BCUT2D eigenvalue weighted by molar-refractivity contribution is 0.218. The molecule has 0 saturated heterocycles. The van der Waals surface area contributed by atoms with E-state index in [2.05, 4.69) is 21.9 Å². The molecule has 0 unspecified atom stereocenters. The summed E-state index contributed by atoms with van der Waals surface area (Å²) in [5.41, 5.74) is 0. The zero-order chi connectivity index (χ0) is 15.8. The van der Waals surface area contributed by atoms with Crippen LogP contribution in [0.5, 0.6) is 11.5 Å². The molecule has 22 heavy (non-hydrogen) atoms. The van der Waals surface area contributed by atoms with Gasteiger partial charge in [-0.25, -0.2) is 9.67 Å². The third-order valence-electron chi connectivity index (χ3n) is 3.29. The van der Waals surface area contributed by atoms with Gasteiger partial charge in [-0.3, -0.25) is 4.90 Å². The normalized spacial score (nSPS) is 10.9. The molecule has 2 aromatic rings. The average Bonchev–Trinajstić information content (AvgIpc) is 2.96. The maximum absolute atomic E-state index is 5.83. The number of aryl methyl sites for hydroxylation is 1. The van der Waals surface area contributed by atoms with Crippen molar-refractivity contribution in [2.45, 2.75) is 26.9 Å². The SMILES string of the molecule is CCOc1ccccc1OCCN(C)Cc1ncnn1CC. The summed E-state index contributed by atoms with van der Waals surface area (Å²) in [5.74, 6) is 2.55. The summed E-state index contributed by atoms with van der Waals surface area (Å²) in [5, 5.41) is 4.18. The van der Waals surface area contributed by atoms with Gasteiger partial charge in [-0.15, -0.1) is 0 Å². The summed E-state index contributed by atoms with van der Waals surface area (Å²) >= 11 is 0. The van der Waals surface area contributed by atoms with E-state index in [0.717, 1.165) is 37.0 Å². The zero-order valence-electron chi connectivity index (χ0n) is 13.5. The molecule has 0 amide bonds. The Morgan fingerprint density at radius 3 is 2.55 bits per heavy atom. The fourth-order valence-corrected chi connectivity index (χ4v) is 2.15. The van der Waals surface area contributed by atoms with E-state index in [4.69, 9.17) is 9.47 Å². The quantitative estimate of drug-likeness (QED) is 0.711. The Morgan fingerprint density at radius 1 is 1.14 bits per heavy atom. The second kappa shape index (κ2) is 8.38. The molecular weight excluding hydrogens is 280 g/mol. The predicted octanol–water partition coefficient (Wildman–Crippen LogP) is 2.21. The number of ether oxygens (including phenoxy) is 2. The molecule has 0 saturated carbocycles. The summed E-state index contributed by atoms with van der Waals surface area (Å²) in [4.78, 5) is 6.45. The number of hydrogen-bond acceptors (Lipinski definition) is 5. The van der Waals surface area contributed by atoms with Crippen LogP contribution < -0.4 is 9.47 Å². The van der Waals surface area contributed by atoms with Crippen LogP contribution in [0.1, 0.15) is 19.7 Å². The molecule has 0 atom stereocenters. The van der Waals surface area contributed by atoms with Crippen LogP contribution in [-0.4, -0.2) is 46.5 Å². The molecule has 1 aromatic heterocycles. The highest BCUT2D eigenvalue weighted by molar-refractivity contribution is 5.39. The van der Waals surface area contributed by atoms with E-state index in [1.807, 2.05) is 42.9 Å². The van der Waals surface area contributed by atoms with Gasteiger partial charge in [0, 0.05) is 13.1 Å². The highest BCUT2D eigenvalue weighted by Gasteiger charge is 2.08. The highest BCUT2D eigenvalue weighted by atomic mass is 16.5. The van der Waals surface area contributed by atoms with Gasteiger partial charge in [0.15, 0.2) is 11.5 Å². The van der Waals surface area contributed by atoms with Crippen molar-refractivity contribution in [3.63, 3.8) is 0 Å². The van der Waals surface area contributed by atoms with Crippen molar-refractivity contribution in [2.24, 2.45) is 0 Å². The van der Waals surface area contributed by atoms with Crippen molar-refractivity contribution >= 4 is 0 Å². The standard InChI is InChI=1S/C16H24N4O2/c1-4-20-16(17-13-18-20)12-19(3)10-11-22-15-9-7-6-8-14(15)21-5-2/h6-9,13H,4-5,10-12H2,1-3H3. The molecule has 0 aliphatic heterocycles. The molecule has 2 rings (SSSR count). The van der Waals surface area contributed by atoms with Gasteiger partial charge in [0.2, 0.25) is 0 Å². The van der Waals surface area contributed by atoms with E-state index in [1.54, 1.807) is 6.33 Å². The van der Waals surface area contributed by atoms with Crippen LogP contribution >= 0.6 is 0 Å². The third-order valence-corrected chi connectivity index (χ3v) is 3.29. The number of benzene rings is 1. The fourth-order valence-electron chi connectivity index (χ4n) is 2.15.